The average molecular weight is 241 g/mol. The summed E-state index contributed by atoms with van der Waals surface area (Å²) in [6.45, 7) is 3.69. The number of aromatic nitrogens is 2. The molecular weight excluding hydrogens is 222 g/mol. The van der Waals surface area contributed by atoms with Gasteiger partial charge in [0.15, 0.2) is 0 Å². The predicted octanol–water partition coefficient (Wildman–Crippen LogP) is 0.0693. The summed E-state index contributed by atoms with van der Waals surface area (Å²) in [4.78, 5) is 12.8. The maximum atomic E-state index is 11.3. The Bertz CT molecular complexity index is 350. The van der Waals surface area contributed by atoms with Crippen LogP contribution in [-0.2, 0) is 11.3 Å². The molecule has 0 atom stereocenters. The Balaban J connectivity index is 2.33. The second kappa shape index (κ2) is 6.85. The topological polar surface area (TPSA) is 83.3 Å². The van der Waals surface area contributed by atoms with Crippen LogP contribution in [0.15, 0.2) is 4.42 Å². The van der Waals surface area contributed by atoms with Crippen LogP contribution in [0.5, 0.6) is 0 Å². The fourth-order valence-corrected chi connectivity index (χ4v) is 1.08. The van der Waals surface area contributed by atoms with Gasteiger partial charge in [-0.3, -0.25) is 4.79 Å². The van der Waals surface area contributed by atoms with Crippen molar-refractivity contribution in [2.24, 2.45) is 0 Å². The van der Waals surface area contributed by atoms with Crippen molar-refractivity contribution in [3.05, 3.63) is 5.89 Å². The van der Waals surface area contributed by atoms with Crippen LogP contribution >= 0.6 is 0 Å². The van der Waals surface area contributed by atoms with Gasteiger partial charge in [0.05, 0.1) is 13.1 Å². The number of carbonyl (C=O) groups excluding carboxylic acids is 1. The van der Waals surface area contributed by atoms with E-state index in [2.05, 4.69) is 27.8 Å². The van der Waals surface area contributed by atoms with Crippen molar-refractivity contribution in [3.8, 4) is 0 Å². The Labute approximate surface area is 101 Å². The third kappa shape index (κ3) is 4.81. The second-order valence-electron chi connectivity index (χ2n) is 3.82. The normalized spacial score (nSPS) is 10.3. The Kier molecular flexibility index (Phi) is 5.41. The van der Waals surface area contributed by atoms with E-state index in [1.807, 2.05) is 0 Å². The molecule has 2 N–H and O–H groups in total. The van der Waals surface area contributed by atoms with Crippen molar-refractivity contribution >= 4 is 11.9 Å². The molecule has 17 heavy (non-hydrogen) atoms. The molecule has 0 bridgehead atoms. The van der Waals surface area contributed by atoms with E-state index in [4.69, 9.17) is 4.42 Å². The summed E-state index contributed by atoms with van der Waals surface area (Å²) in [6, 6.07) is 0.272. The lowest BCUT2D eigenvalue weighted by Crippen LogP contribution is -2.28. The molecule has 0 radical (unpaired) electrons. The van der Waals surface area contributed by atoms with E-state index in [0.717, 1.165) is 13.0 Å². The summed E-state index contributed by atoms with van der Waals surface area (Å²) < 4.78 is 5.29. The Morgan fingerprint density at radius 1 is 1.41 bits per heavy atom. The van der Waals surface area contributed by atoms with Gasteiger partial charge in [-0.05, 0) is 13.0 Å². The Hall–Kier alpha value is -1.63. The molecule has 7 heteroatoms. The molecule has 0 aromatic carbocycles. The van der Waals surface area contributed by atoms with Crippen LogP contribution in [0.3, 0.4) is 0 Å². The van der Waals surface area contributed by atoms with E-state index in [1.54, 1.807) is 14.1 Å². The van der Waals surface area contributed by atoms with Gasteiger partial charge in [0, 0.05) is 14.1 Å². The molecule has 1 heterocycles. The lowest BCUT2D eigenvalue weighted by Gasteiger charge is -2.09. The number of hydrogen-bond donors (Lipinski definition) is 2. The Morgan fingerprint density at radius 3 is 2.82 bits per heavy atom. The summed E-state index contributed by atoms with van der Waals surface area (Å²) in [7, 11) is 3.38. The fourth-order valence-electron chi connectivity index (χ4n) is 1.08. The van der Waals surface area contributed by atoms with E-state index in [0.29, 0.717) is 12.4 Å². The monoisotopic (exact) mass is 241 g/mol. The molecule has 96 valence electrons. The first-order valence-corrected chi connectivity index (χ1v) is 5.60. The minimum absolute atomic E-state index is 0.0474. The van der Waals surface area contributed by atoms with Gasteiger partial charge in [-0.25, -0.2) is 0 Å². The van der Waals surface area contributed by atoms with Crippen LogP contribution in [0.25, 0.3) is 0 Å². The van der Waals surface area contributed by atoms with Crippen molar-refractivity contribution in [1.82, 2.24) is 20.4 Å². The van der Waals surface area contributed by atoms with Crippen molar-refractivity contribution < 1.29 is 9.21 Å². The van der Waals surface area contributed by atoms with Gasteiger partial charge in [0.2, 0.25) is 11.8 Å². The first kappa shape index (κ1) is 13.4. The Morgan fingerprint density at radius 2 is 2.18 bits per heavy atom. The van der Waals surface area contributed by atoms with Crippen LogP contribution in [0.1, 0.15) is 19.2 Å². The standard InChI is InChI=1S/C10H19N5O2/c1-4-5-11-6-8-13-14-10(17-8)12-7-9(16)15(2)3/h11H,4-7H2,1-3H3,(H,12,14). The highest BCUT2D eigenvalue weighted by molar-refractivity contribution is 5.79. The molecule has 0 aliphatic carbocycles. The number of anilines is 1. The van der Waals surface area contributed by atoms with Crippen molar-refractivity contribution in [3.63, 3.8) is 0 Å². The van der Waals surface area contributed by atoms with Gasteiger partial charge in [0.25, 0.3) is 0 Å². The molecule has 0 aliphatic rings. The summed E-state index contributed by atoms with van der Waals surface area (Å²) in [5.74, 6) is 0.465. The third-order valence-corrected chi connectivity index (χ3v) is 2.06. The van der Waals surface area contributed by atoms with E-state index < -0.39 is 0 Å². The minimum atomic E-state index is -0.0474. The molecule has 1 rings (SSSR count). The molecule has 0 unspecified atom stereocenters. The van der Waals surface area contributed by atoms with E-state index in [1.165, 1.54) is 4.90 Å². The smallest absolute Gasteiger partial charge is 0.315 e. The largest absolute Gasteiger partial charge is 0.407 e. The maximum absolute atomic E-state index is 11.3. The highest BCUT2D eigenvalue weighted by Gasteiger charge is 2.08. The zero-order valence-corrected chi connectivity index (χ0v) is 10.5. The van der Waals surface area contributed by atoms with Crippen molar-refractivity contribution in [2.75, 3.05) is 32.5 Å². The molecule has 1 amide bonds. The molecule has 0 fully saturated rings. The number of nitrogens with one attached hydrogen (secondary N) is 2. The van der Waals surface area contributed by atoms with Gasteiger partial charge in [-0.2, -0.15) is 0 Å². The zero-order valence-electron chi connectivity index (χ0n) is 10.5. The molecule has 0 aliphatic heterocycles. The van der Waals surface area contributed by atoms with Gasteiger partial charge in [0.1, 0.15) is 0 Å². The first-order valence-electron chi connectivity index (χ1n) is 5.60. The SMILES string of the molecule is CCCNCc1nnc(NCC(=O)N(C)C)o1. The average Bonchev–Trinajstić information content (AvgIpc) is 2.74. The molecule has 7 nitrogen and oxygen atoms in total. The molecule has 1 aromatic heterocycles. The summed E-state index contributed by atoms with van der Waals surface area (Å²) in [5.41, 5.74) is 0. The maximum Gasteiger partial charge on any atom is 0.315 e. The number of carbonyl (C=O) groups is 1. The van der Waals surface area contributed by atoms with Crippen LogP contribution < -0.4 is 10.6 Å². The summed E-state index contributed by atoms with van der Waals surface area (Å²) in [6.07, 6.45) is 1.05. The fraction of sp³-hybridized carbons (Fsp3) is 0.700. The lowest BCUT2D eigenvalue weighted by atomic mass is 10.5. The second-order valence-corrected chi connectivity index (χ2v) is 3.82. The minimum Gasteiger partial charge on any atom is -0.407 e. The van der Waals surface area contributed by atoms with Crippen LogP contribution in [0.2, 0.25) is 0 Å². The summed E-state index contributed by atoms with van der Waals surface area (Å²) in [5, 5.41) is 13.6. The van der Waals surface area contributed by atoms with Gasteiger partial charge in [-0.1, -0.05) is 12.0 Å². The number of amides is 1. The highest BCUT2D eigenvalue weighted by atomic mass is 16.4. The third-order valence-electron chi connectivity index (χ3n) is 2.06. The molecule has 1 aromatic rings. The highest BCUT2D eigenvalue weighted by Crippen LogP contribution is 2.04. The predicted molar refractivity (Wildman–Crippen MR) is 63.5 cm³/mol. The summed E-state index contributed by atoms with van der Waals surface area (Å²) >= 11 is 0. The number of rotatable bonds is 7. The zero-order chi connectivity index (χ0) is 12.7. The number of hydrogen-bond acceptors (Lipinski definition) is 6. The van der Waals surface area contributed by atoms with Crippen LogP contribution in [0.4, 0.5) is 6.01 Å². The molecule has 0 saturated carbocycles. The quantitative estimate of drug-likeness (QED) is 0.657. The lowest BCUT2D eigenvalue weighted by molar-refractivity contribution is -0.126. The van der Waals surface area contributed by atoms with Gasteiger partial charge >= 0.3 is 6.01 Å². The van der Waals surface area contributed by atoms with Gasteiger partial charge < -0.3 is 20.0 Å². The van der Waals surface area contributed by atoms with E-state index in [9.17, 15) is 4.79 Å². The van der Waals surface area contributed by atoms with Crippen LogP contribution in [-0.4, -0.2) is 48.2 Å². The van der Waals surface area contributed by atoms with Crippen LogP contribution in [0, 0.1) is 0 Å². The number of likely N-dealkylation sites (N-methyl/N-ethyl adjacent to an activating group) is 1. The van der Waals surface area contributed by atoms with Crippen molar-refractivity contribution in [2.45, 2.75) is 19.9 Å². The van der Waals surface area contributed by atoms with Gasteiger partial charge in [-0.15, -0.1) is 5.10 Å². The number of nitrogens with zero attached hydrogens (tertiary/aromatic N) is 3. The molecule has 0 spiro atoms. The van der Waals surface area contributed by atoms with E-state index in [-0.39, 0.29) is 18.5 Å². The first-order chi connectivity index (χ1) is 8.13. The van der Waals surface area contributed by atoms with Crippen molar-refractivity contribution in [1.29, 1.82) is 0 Å². The molecule has 0 saturated heterocycles. The van der Waals surface area contributed by atoms with E-state index >= 15 is 0 Å². The molecular formula is C10H19N5O2.